The number of anilines is 2. The summed E-state index contributed by atoms with van der Waals surface area (Å²) in [7, 11) is 3.97. The summed E-state index contributed by atoms with van der Waals surface area (Å²) < 4.78 is 7.92. The van der Waals surface area contributed by atoms with Gasteiger partial charge in [0.15, 0.2) is 5.82 Å². The predicted molar refractivity (Wildman–Crippen MR) is 100 cm³/mol. The van der Waals surface area contributed by atoms with Crippen LogP contribution in [0.25, 0.3) is 0 Å². The van der Waals surface area contributed by atoms with Gasteiger partial charge in [-0.1, -0.05) is 0 Å². The third kappa shape index (κ3) is 2.72. The molecule has 27 heavy (non-hydrogen) atoms. The number of nitrogens with zero attached hydrogens (tertiary/aromatic N) is 6. The van der Waals surface area contributed by atoms with E-state index in [1.807, 2.05) is 19.0 Å². The van der Waals surface area contributed by atoms with Crippen LogP contribution >= 0.6 is 0 Å². The number of H-pyrrole nitrogens is 1. The van der Waals surface area contributed by atoms with Crippen LogP contribution in [-0.2, 0) is 30.7 Å². The normalized spacial score (nSPS) is 24.1. The molecule has 2 aliphatic heterocycles. The molecule has 0 amide bonds. The van der Waals surface area contributed by atoms with Crippen LogP contribution in [0.4, 0.5) is 11.8 Å². The van der Waals surface area contributed by atoms with E-state index in [1.54, 1.807) is 4.57 Å². The van der Waals surface area contributed by atoms with Gasteiger partial charge in [-0.05, 0) is 32.1 Å². The number of rotatable bonds is 2. The minimum Gasteiger partial charge on any atom is -0.363 e. The largest absolute Gasteiger partial charge is 0.363 e. The molecule has 2 aromatic heterocycles. The van der Waals surface area contributed by atoms with Gasteiger partial charge in [-0.15, -0.1) is 0 Å². The average Bonchev–Trinajstić information content (AvgIpc) is 3.25. The molecule has 1 saturated heterocycles. The van der Waals surface area contributed by atoms with Crippen LogP contribution in [0.3, 0.4) is 0 Å². The Hall–Kier alpha value is -2.42. The highest BCUT2D eigenvalue weighted by molar-refractivity contribution is 5.55. The molecule has 1 atom stereocenters. The van der Waals surface area contributed by atoms with Gasteiger partial charge in [0.25, 0.3) is 0 Å². The minimum absolute atomic E-state index is 0.152. The summed E-state index contributed by atoms with van der Waals surface area (Å²) in [6.07, 6.45) is 5.31. The summed E-state index contributed by atoms with van der Waals surface area (Å²) in [4.78, 5) is 26.0. The SMILES string of the molecule is CN(C)c1nc2c(c(N3CCC4(C3)Cn3c(n[nH]c3=O)CO4)n1)CCCC2. The van der Waals surface area contributed by atoms with Crippen LogP contribution in [0.2, 0.25) is 0 Å². The molecule has 1 aliphatic carbocycles. The number of hydrogen-bond donors (Lipinski definition) is 1. The summed E-state index contributed by atoms with van der Waals surface area (Å²) in [6, 6.07) is 0. The molecule has 0 aromatic carbocycles. The van der Waals surface area contributed by atoms with Crippen molar-refractivity contribution in [3.05, 3.63) is 27.6 Å². The van der Waals surface area contributed by atoms with Crippen molar-refractivity contribution in [1.82, 2.24) is 24.7 Å². The smallest absolute Gasteiger partial charge is 0.343 e. The summed E-state index contributed by atoms with van der Waals surface area (Å²) in [5.74, 6) is 2.50. The maximum Gasteiger partial charge on any atom is 0.343 e. The van der Waals surface area contributed by atoms with Gasteiger partial charge in [0.1, 0.15) is 18.0 Å². The van der Waals surface area contributed by atoms with Gasteiger partial charge in [-0.25, -0.2) is 14.9 Å². The molecule has 1 N–H and O–H groups in total. The van der Waals surface area contributed by atoms with Crippen LogP contribution in [-0.4, -0.2) is 57.5 Å². The third-order valence-electron chi connectivity index (χ3n) is 5.96. The lowest BCUT2D eigenvalue weighted by Crippen LogP contribution is -2.46. The molecular formula is C18H25N7O2. The highest BCUT2D eigenvalue weighted by atomic mass is 16.5. The van der Waals surface area contributed by atoms with E-state index in [0.717, 1.165) is 44.1 Å². The first kappa shape index (κ1) is 16.7. The highest BCUT2D eigenvalue weighted by Crippen LogP contribution is 2.37. The average molecular weight is 371 g/mol. The second kappa shape index (κ2) is 6.05. The van der Waals surface area contributed by atoms with E-state index in [1.165, 1.54) is 24.1 Å². The van der Waals surface area contributed by atoms with Gasteiger partial charge in [0, 0.05) is 26.2 Å². The Morgan fingerprint density at radius 3 is 2.89 bits per heavy atom. The zero-order valence-corrected chi connectivity index (χ0v) is 15.9. The summed E-state index contributed by atoms with van der Waals surface area (Å²) in [5, 5.41) is 6.56. The van der Waals surface area contributed by atoms with Crippen LogP contribution in [0.1, 0.15) is 36.3 Å². The predicted octanol–water partition coefficient (Wildman–Crippen LogP) is 0.486. The number of aromatic amines is 1. The lowest BCUT2D eigenvalue weighted by molar-refractivity contribution is -0.0759. The van der Waals surface area contributed by atoms with Crippen molar-refractivity contribution in [2.45, 2.75) is 50.9 Å². The molecule has 1 fully saturated rings. The van der Waals surface area contributed by atoms with E-state index < -0.39 is 0 Å². The van der Waals surface area contributed by atoms with Crippen LogP contribution in [0, 0.1) is 0 Å². The second-order valence-corrected chi connectivity index (χ2v) is 8.05. The van der Waals surface area contributed by atoms with Crippen molar-refractivity contribution >= 4 is 11.8 Å². The molecule has 9 nitrogen and oxygen atoms in total. The van der Waals surface area contributed by atoms with Crippen LogP contribution in [0.15, 0.2) is 4.79 Å². The van der Waals surface area contributed by atoms with Crippen molar-refractivity contribution in [3.8, 4) is 0 Å². The van der Waals surface area contributed by atoms with Crippen LogP contribution in [0.5, 0.6) is 0 Å². The Balaban J connectivity index is 1.48. The van der Waals surface area contributed by atoms with Crippen molar-refractivity contribution < 1.29 is 4.74 Å². The topological polar surface area (TPSA) is 92.2 Å². The van der Waals surface area contributed by atoms with Gasteiger partial charge >= 0.3 is 5.69 Å². The minimum atomic E-state index is -0.356. The van der Waals surface area contributed by atoms with E-state index >= 15 is 0 Å². The lowest BCUT2D eigenvalue weighted by atomic mass is 9.96. The zero-order valence-electron chi connectivity index (χ0n) is 15.9. The van der Waals surface area contributed by atoms with E-state index in [2.05, 4.69) is 15.1 Å². The van der Waals surface area contributed by atoms with Gasteiger partial charge in [-0.2, -0.15) is 10.1 Å². The number of fused-ring (bicyclic) bond motifs is 2. The monoisotopic (exact) mass is 371 g/mol. The zero-order chi connectivity index (χ0) is 18.6. The Kier molecular flexibility index (Phi) is 3.75. The van der Waals surface area contributed by atoms with Gasteiger partial charge in [0.05, 0.1) is 18.8 Å². The molecular weight excluding hydrogens is 346 g/mol. The summed E-state index contributed by atoms with van der Waals surface area (Å²) in [5.41, 5.74) is 1.97. The maximum atomic E-state index is 12.0. The van der Waals surface area contributed by atoms with Gasteiger partial charge < -0.3 is 14.5 Å². The highest BCUT2D eigenvalue weighted by Gasteiger charge is 2.44. The van der Waals surface area contributed by atoms with E-state index in [4.69, 9.17) is 14.7 Å². The molecule has 3 aliphatic rings. The summed E-state index contributed by atoms with van der Waals surface area (Å²) >= 11 is 0. The number of aromatic nitrogens is 5. The molecule has 0 saturated carbocycles. The molecule has 0 bridgehead atoms. The fourth-order valence-corrected chi connectivity index (χ4v) is 4.47. The van der Waals surface area contributed by atoms with Gasteiger partial charge in [0.2, 0.25) is 5.95 Å². The molecule has 1 unspecified atom stereocenters. The number of nitrogens with one attached hydrogen (secondary N) is 1. The van der Waals surface area contributed by atoms with E-state index in [9.17, 15) is 4.79 Å². The Morgan fingerprint density at radius 1 is 1.19 bits per heavy atom. The third-order valence-corrected chi connectivity index (χ3v) is 5.96. The molecule has 2 aromatic rings. The van der Waals surface area contributed by atoms with E-state index in [-0.39, 0.29) is 11.3 Å². The molecule has 4 heterocycles. The summed E-state index contributed by atoms with van der Waals surface area (Å²) in [6.45, 7) is 2.53. The lowest BCUT2D eigenvalue weighted by Gasteiger charge is -2.34. The molecule has 9 heteroatoms. The number of ether oxygens (including phenoxy) is 1. The first-order valence-electron chi connectivity index (χ1n) is 9.65. The molecule has 0 radical (unpaired) electrons. The molecule has 144 valence electrons. The standard InChI is InChI=1S/C18H25N7O2/c1-23(2)16-19-13-6-4-3-5-12(13)15(20-16)24-8-7-18(10-24)11-25-14(9-27-18)21-22-17(25)26/h3-11H2,1-2H3,(H,22,26). The number of hydrogen-bond acceptors (Lipinski definition) is 7. The first-order chi connectivity index (χ1) is 13.0. The first-order valence-corrected chi connectivity index (χ1v) is 9.65. The Labute approximate surface area is 157 Å². The second-order valence-electron chi connectivity index (χ2n) is 8.05. The molecule has 1 spiro atoms. The van der Waals surface area contributed by atoms with Crippen molar-refractivity contribution in [1.29, 1.82) is 0 Å². The quantitative estimate of drug-likeness (QED) is 0.821. The van der Waals surface area contributed by atoms with Crippen molar-refractivity contribution in [2.24, 2.45) is 0 Å². The number of aryl methyl sites for hydroxylation is 1. The van der Waals surface area contributed by atoms with Crippen molar-refractivity contribution in [2.75, 3.05) is 37.0 Å². The Bertz CT molecular complexity index is 934. The fourth-order valence-electron chi connectivity index (χ4n) is 4.47. The fraction of sp³-hybridized carbons (Fsp3) is 0.667. The van der Waals surface area contributed by atoms with Gasteiger partial charge in [-0.3, -0.25) is 4.57 Å². The van der Waals surface area contributed by atoms with Crippen LogP contribution < -0.4 is 15.5 Å². The van der Waals surface area contributed by atoms with Crippen molar-refractivity contribution in [3.63, 3.8) is 0 Å². The molecule has 5 rings (SSSR count). The maximum absolute atomic E-state index is 12.0. The van der Waals surface area contributed by atoms with E-state index in [0.29, 0.717) is 19.0 Å². The Morgan fingerprint density at radius 2 is 2.04 bits per heavy atom.